The number of benzene rings is 2. The quantitative estimate of drug-likeness (QED) is 0.436. The molecule has 7 heteroatoms. The molecule has 0 saturated carbocycles. The Labute approximate surface area is 151 Å². The molecule has 0 unspecified atom stereocenters. The van der Waals surface area contributed by atoms with E-state index in [1.54, 1.807) is 12.1 Å². The number of nitro benzene ring substituents is 1. The van der Waals surface area contributed by atoms with Crippen molar-refractivity contribution in [1.29, 1.82) is 0 Å². The van der Waals surface area contributed by atoms with Crippen LogP contribution in [0.15, 0.2) is 65.5 Å². The SMILES string of the molecule is O=c1[nH]c(Cc2ccc([N+](=O)[O-])cc2)nc2cc(-c3ccccc3)sc12. The molecular formula is C19H13N3O3S. The first-order chi connectivity index (χ1) is 12.6. The highest BCUT2D eigenvalue weighted by Gasteiger charge is 2.11. The lowest BCUT2D eigenvalue weighted by atomic mass is 10.1. The molecule has 0 spiro atoms. The maximum atomic E-state index is 12.4. The topological polar surface area (TPSA) is 88.9 Å². The summed E-state index contributed by atoms with van der Waals surface area (Å²) >= 11 is 1.42. The molecule has 0 saturated heterocycles. The molecule has 128 valence electrons. The van der Waals surface area contributed by atoms with Crippen LogP contribution in [0.1, 0.15) is 11.4 Å². The van der Waals surface area contributed by atoms with Gasteiger partial charge in [-0.3, -0.25) is 14.9 Å². The van der Waals surface area contributed by atoms with E-state index < -0.39 is 4.92 Å². The van der Waals surface area contributed by atoms with E-state index >= 15 is 0 Å². The number of rotatable bonds is 4. The van der Waals surface area contributed by atoms with Crippen LogP contribution in [-0.2, 0) is 6.42 Å². The van der Waals surface area contributed by atoms with E-state index in [0.717, 1.165) is 16.0 Å². The minimum atomic E-state index is -0.438. The minimum Gasteiger partial charge on any atom is -0.309 e. The van der Waals surface area contributed by atoms with Gasteiger partial charge >= 0.3 is 0 Å². The standard InChI is InChI=1S/C19H13N3O3S/c23-19-18-15(11-16(26-18)13-4-2-1-3-5-13)20-17(21-19)10-12-6-8-14(9-7-12)22(24)25/h1-9,11H,10H2,(H,20,21,23). The van der Waals surface area contributed by atoms with Crippen molar-refractivity contribution in [2.24, 2.45) is 0 Å². The summed E-state index contributed by atoms with van der Waals surface area (Å²) in [6, 6.07) is 18.0. The first kappa shape index (κ1) is 16.2. The van der Waals surface area contributed by atoms with Crippen LogP contribution in [-0.4, -0.2) is 14.9 Å². The van der Waals surface area contributed by atoms with Crippen molar-refractivity contribution < 1.29 is 4.92 Å². The highest BCUT2D eigenvalue weighted by Crippen LogP contribution is 2.30. The normalized spacial score (nSPS) is 10.9. The summed E-state index contributed by atoms with van der Waals surface area (Å²) in [5, 5.41) is 10.7. The molecule has 1 N–H and O–H groups in total. The average Bonchev–Trinajstić information content (AvgIpc) is 3.08. The van der Waals surface area contributed by atoms with Crippen LogP contribution in [0.5, 0.6) is 0 Å². The third-order valence-electron chi connectivity index (χ3n) is 4.01. The van der Waals surface area contributed by atoms with Gasteiger partial charge in [-0.1, -0.05) is 42.5 Å². The van der Waals surface area contributed by atoms with Crippen LogP contribution in [0.25, 0.3) is 20.7 Å². The number of nitrogens with one attached hydrogen (secondary N) is 1. The summed E-state index contributed by atoms with van der Waals surface area (Å²) in [6.07, 6.45) is 0.402. The number of H-pyrrole nitrogens is 1. The molecule has 0 radical (unpaired) electrons. The Bertz CT molecular complexity index is 1150. The first-order valence-corrected chi connectivity index (χ1v) is 8.73. The smallest absolute Gasteiger partial charge is 0.269 e. The van der Waals surface area contributed by atoms with Gasteiger partial charge in [-0.2, -0.15) is 0 Å². The van der Waals surface area contributed by atoms with Crippen LogP contribution in [0.4, 0.5) is 5.69 Å². The maximum Gasteiger partial charge on any atom is 0.269 e. The molecule has 4 rings (SSSR count). The lowest BCUT2D eigenvalue weighted by Crippen LogP contribution is -2.10. The molecular weight excluding hydrogens is 350 g/mol. The summed E-state index contributed by atoms with van der Waals surface area (Å²) in [4.78, 5) is 31.1. The second kappa shape index (κ2) is 6.53. The number of non-ortho nitro benzene ring substituents is 1. The number of aromatic amines is 1. The van der Waals surface area contributed by atoms with Gasteiger partial charge in [0.1, 0.15) is 10.5 Å². The molecule has 6 nitrogen and oxygen atoms in total. The van der Waals surface area contributed by atoms with Crippen molar-refractivity contribution in [1.82, 2.24) is 9.97 Å². The van der Waals surface area contributed by atoms with Crippen molar-refractivity contribution in [3.8, 4) is 10.4 Å². The van der Waals surface area contributed by atoms with Crippen molar-refractivity contribution in [3.05, 3.63) is 92.5 Å². The van der Waals surface area contributed by atoms with E-state index in [0.29, 0.717) is 22.5 Å². The third kappa shape index (κ3) is 3.12. The summed E-state index contributed by atoms with van der Waals surface area (Å²) < 4.78 is 0.594. The predicted octanol–water partition coefficient (Wildman–Crippen LogP) is 4.15. The molecule has 0 bridgehead atoms. The number of fused-ring (bicyclic) bond motifs is 1. The van der Waals surface area contributed by atoms with Gasteiger partial charge in [0.05, 0.1) is 10.4 Å². The first-order valence-electron chi connectivity index (χ1n) is 7.91. The summed E-state index contributed by atoms with van der Waals surface area (Å²) in [6.45, 7) is 0. The highest BCUT2D eigenvalue weighted by molar-refractivity contribution is 7.22. The lowest BCUT2D eigenvalue weighted by Gasteiger charge is -2.01. The van der Waals surface area contributed by atoms with Gasteiger partial charge in [0.25, 0.3) is 11.2 Å². The molecule has 0 aliphatic carbocycles. The van der Waals surface area contributed by atoms with E-state index in [-0.39, 0.29) is 11.2 Å². The number of hydrogen-bond donors (Lipinski definition) is 1. The zero-order valence-electron chi connectivity index (χ0n) is 13.5. The molecule has 0 fully saturated rings. The lowest BCUT2D eigenvalue weighted by molar-refractivity contribution is -0.384. The molecule has 0 aliphatic rings. The Morgan fingerprint density at radius 2 is 1.81 bits per heavy atom. The third-order valence-corrected chi connectivity index (χ3v) is 5.18. The van der Waals surface area contributed by atoms with Crippen molar-refractivity contribution in [3.63, 3.8) is 0 Å². The van der Waals surface area contributed by atoms with Crippen LogP contribution >= 0.6 is 11.3 Å². The van der Waals surface area contributed by atoms with Crippen LogP contribution in [0, 0.1) is 10.1 Å². The van der Waals surface area contributed by atoms with E-state index in [1.165, 1.54) is 23.5 Å². The van der Waals surface area contributed by atoms with Gasteiger partial charge in [0, 0.05) is 23.4 Å². The molecule has 26 heavy (non-hydrogen) atoms. The van der Waals surface area contributed by atoms with Gasteiger partial charge in [-0.05, 0) is 17.2 Å². The predicted molar refractivity (Wildman–Crippen MR) is 102 cm³/mol. The Morgan fingerprint density at radius 3 is 2.50 bits per heavy atom. The number of nitrogens with zero attached hydrogens (tertiary/aromatic N) is 2. The molecule has 0 amide bonds. The van der Waals surface area contributed by atoms with E-state index in [4.69, 9.17) is 0 Å². The van der Waals surface area contributed by atoms with Crippen molar-refractivity contribution >= 4 is 27.2 Å². The summed E-state index contributed by atoms with van der Waals surface area (Å²) in [5.74, 6) is 0.536. The molecule has 2 aromatic carbocycles. The van der Waals surface area contributed by atoms with Gasteiger partial charge in [0.15, 0.2) is 0 Å². The molecule has 2 aromatic heterocycles. The van der Waals surface area contributed by atoms with Gasteiger partial charge in [0.2, 0.25) is 0 Å². The zero-order chi connectivity index (χ0) is 18.1. The average molecular weight is 363 g/mol. The molecule has 2 heterocycles. The summed E-state index contributed by atoms with van der Waals surface area (Å²) in [7, 11) is 0. The molecule has 0 atom stereocenters. The van der Waals surface area contributed by atoms with E-state index in [9.17, 15) is 14.9 Å². The summed E-state index contributed by atoms with van der Waals surface area (Å²) in [5.41, 5.74) is 2.42. The fraction of sp³-hybridized carbons (Fsp3) is 0.0526. The second-order valence-corrected chi connectivity index (χ2v) is 6.86. The van der Waals surface area contributed by atoms with Gasteiger partial charge in [-0.25, -0.2) is 4.98 Å². The zero-order valence-corrected chi connectivity index (χ0v) is 14.3. The maximum absolute atomic E-state index is 12.4. The van der Waals surface area contributed by atoms with E-state index in [1.807, 2.05) is 36.4 Å². The Morgan fingerprint density at radius 1 is 1.08 bits per heavy atom. The van der Waals surface area contributed by atoms with Gasteiger partial charge < -0.3 is 4.98 Å². The Kier molecular flexibility index (Phi) is 4.06. The Balaban J connectivity index is 1.68. The fourth-order valence-electron chi connectivity index (χ4n) is 2.75. The Hall–Kier alpha value is -3.32. The van der Waals surface area contributed by atoms with Crippen molar-refractivity contribution in [2.45, 2.75) is 6.42 Å². The van der Waals surface area contributed by atoms with Gasteiger partial charge in [-0.15, -0.1) is 11.3 Å². The largest absolute Gasteiger partial charge is 0.309 e. The number of thiophene rings is 1. The highest BCUT2D eigenvalue weighted by atomic mass is 32.1. The second-order valence-electron chi connectivity index (χ2n) is 5.80. The molecule has 4 aromatic rings. The molecule has 0 aliphatic heterocycles. The monoisotopic (exact) mass is 363 g/mol. The minimum absolute atomic E-state index is 0.0380. The van der Waals surface area contributed by atoms with Crippen LogP contribution in [0.2, 0.25) is 0 Å². The van der Waals surface area contributed by atoms with Crippen molar-refractivity contribution in [2.75, 3.05) is 0 Å². The number of aromatic nitrogens is 2. The van der Waals surface area contributed by atoms with E-state index in [2.05, 4.69) is 9.97 Å². The number of hydrogen-bond acceptors (Lipinski definition) is 5. The van der Waals surface area contributed by atoms with Crippen LogP contribution in [0.3, 0.4) is 0 Å². The number of nitro groups is 1. The fourth-order valence-corrected chi connectivity index (χ4v) is 3.74. The van der Waals surface area contributed by atoms with Crippen LogP contribution < -0.4 is 5.56 Å².